The minimum atomic E-state index is -3.01. The van der Waals surface area contributed by atoms with Crippen LogP contribution in [0.4, 0.5) is 5.69 Å². The van der Waals surface area contributed by atoms with Crippen molar-refractivity contribution in [2.45, 2.75) is 51.5 Å². The Balaban J connectivity index is 2.14. The molecular formula is C17H25NO3S. The molecule has 5 heteroatoms. The molecule has 0 saturated carbocycles. The van der Waals surface area contributed by atoms with E-state index in [0.717, 1.165) is 31.4 Å². The van der Waals surface area contributed by atoms with Crippen LogP contribution in [0, 0.1) is 0 Å². The molecule has 0 aromatic heterocycles. The van der Waals surface area contributed by atoms with Gasteiger partial charge in [-0.1, -0.05) is 31.5 Å². The Morgan fingerprint density at radius 2 is 2.05 bits per heavy atom. The van der Waals surface area contributed by atoms with E-state index in [-0.39, 0.29) is 17.7 Å². The Morgan fingerprint density at radius 1 is 1.32 bits per heavy atom. The van der Waals surface area contributed by atoms with Crippen LogP contribution in [-0.2, 0) is 21.1 Å². The van der Waals surface area contributed by atoms with Gasteiger partial charge in [-0.05, 0) is 37.3 Å². The van der Waals surface area contributed by atoms with Crippen molar-refractivity contribution in [3.8, 4) is 0 Å². The molecule has 0 saturated heterocycles. The maximum Gasteiger partial charge on any atom is 0.227 e. The van der Waals surface area contributed by atoms with E-state index in [2.05, 4.69) is 13.0 Å². The molecule has 0 bridgehead atoms. The average molecular weight is 323 g/mol. The fourth-order valence-electron chi connectivity index (χ4n) is 3.16. The topological polar surface area (TPSA) is 54.5 Å². The number of carbonyl (C=O) groups is 1. The van der Waals surface area contributed by atoms with Gasteiger partial charge in [-0.15, -0.1) is 0 Å². The number of carbonyl (C=O) groups excluding carboxylic acids is 1. The van der Waals surface area contributed by atoms with E-state index in [1.54, 1.807) is 0 Å². The fraction of sp³-hybridized carbons (Fsp3) is 0.588. The first kappa shape index (κ1) is 17.0. The summed E-state index contributed by atoms with van der Waals surface area (Å²) in [4.78, 5) is 14.6. The third-order valence-electron chi connectivity index (χ3n) is 4.16. The molecule has 1 aromatic carbocycles. The van der Waals surface area contributed by atoms with E-state index in [4.69, 9.17) is 0 Å². The van der Waals surface area contributed by atoms with E-state index in [9.17, 15) is 13.2 Å². The van der Waals surface area contributed by atoms with Crippen molar-refractivity contribution in [3.05, 3.63) is 29.8 Å². The van der Waals surface area contributed by atoms with Crippen LogP contribution in [0.3, 0.4) is 0 Å². The second kappa shape index (κ2) is 7.27. The van der Waals surface area contributed by atoms with Crippen molar-refractivity contribution in [2.75, 3.05) is 16.9 Å². The van der Waals surface area contributed by atoms with Gasteiger partial charge < -0.3 is 4.90 Å². The lowest BCUT2D eigenvalue weighted by Gasteiger charge is -2.37. The molecule has 0 fully saturated rings. The molecule has 1 amide bonds. The zero-order valence-electron chi connectivity index (χ0n) is 13.4. The summed E-state index contributed by atoms with van der Waals surface area (Å²) in [6.07, 6.45) is 5.94. The zero-order chi connectivity index (χ0) is 16.2. The lowest BCUT2D eigenvalue weighted by Crippen LogP contribution is -2.43. The number of para-hydroxylation sites is 1. The average Bonchev–Trinajstić information content (AvgIpc) is 2.45. The van der Waals surface area contributed by atoms with Crippen molar-refractivity contribution in [1.29, 1.82) is 0 Å². The summed E-state index contributed by atoms with van der Waals surface area (Å²) >= 11 is 0. The number of anilines is 1. The first-order valence-corrected chi connectivity index (χ1v) is 10.1. The SMILES string of the molecule is CCC[C@@H]1CCc2ccccc2N1C(=O)CCCS(C)(=O)=O. The Kier molecular flexibility index (Phi) is 5.62. The highest BCUT2D eigenvalue weighted by atomic mass is 32.2. The van der Waals surface area contributed by atoms with Gasteiger partial charge in [0, 0.05) is 24.4 Å². The summed E-state index contributed by atoms with van der Waals surface area (Å²) in [5.41, 5.74) is 2.22. The van der Waals surface area contributed by atoms with Crippen molar-refractivity contribution >= 4 is 21.4 Å². The molecule has 1 heterocycles. The molecule has 1 aliphatic rings. The molecule has 4 nitrogen and oxygen atoms in total. The van der Waals surface area contributed by atoms with Crippen LogP contribution in [0.15, 0.2) is 24.3 Å². The number of sulfone groups is 1. The number of amides is 1. The zero-order valence-corrected chi connectivity index (χ0v) is 14.2. The second-order valence-corrected chi connectivity index (χ2v) is 8.37. The van der Waals surface area contributed by atoms with Gasteiger partial charge in [-0.25, -0.2) is 8.42 Å². The van der Waals surface area contributed by atoms with Gasteiger partial charge in [0.25, 0.3) is 0 Å². The molecule has 1 aromatic rings. The predicted octanol–water partition coefficient (Wildman–Crippen LogP) is 2.96. The maximum atomic E-state index is 12.7. The molecule has 2 rings (SSSR count). The molecule has 0 N–H and O–H groups in total. The van der Waals surface area contributed by atoms with Crippen LogP contribution < -0.4 is 4.90 Å². The number of benzene rings is 1. The summed E-state index contributed by atoms with van der Waals surface area (Å²) in [5.74, 6) is 0.126. The van der Waals surface area contributed by atoms with E-state index >= 15 is 0 Å². The Morgan fingerprint density at radius 3 is 2.73 bits per heavy atom. The molecular weight excluding hydrogens is 298 g/mol. The maximum absolute atomic E-state index is 12.7. The summed E-state index contributed by atoms with van der Waals surface area (Å²) < 4.78 is 22.5. The van der Waals surface area contributed by atoms with Gasteiger partial charge in [-0.3, -0.25) is 4.79 Å². The Bertz CT molecular complexity index is 625. The molecule has 0 spiro atoms. The van der Waals surface area contributed by atoms with E-state index in [1.807, 2.05) is 23.1 Å². The van der Waals surface area contributed by atoms with Gasteiger partial charge in [0.05, 0.1) is 5.75 Å². The number of rotatable bonds is 6. The van der Waals surface area contributed by atoms with Crippen molar-refractivity contribution in [2.24, 2.45) is 0 Å². The number of aryl methyl sites for hydroxylation is 1. The number of hydrogen-bond acceptors (Lipinski definition) is 3. The highest BCUT2D eigenvalue weighted by Gasteiger charge is 2.29. The van der Waals surface area contributed by atoms with E-state index in [1.165, 1.54) is 11.8 Å². The molecule has 122 valence electrons. The highest BCUT2D eigenvalue weighted by molar-refractivity contribution is 7.90. The first-order valence-electron chi connectivity index (χ1n) is 8.00. The lowest BCUT2D eigenvalue weighted by atomic mass is 9.92. The summed E-state index contributed by atoms with van der Waals surface area (Å²) in [6.45, 7) is 2.13. The monoisotopic (exact) mass is 323 g/mol. The van der Waals surface area contributed by atoms with Crippen LogP contribution >= 0.6 is 0 Å². The van der Waals surface area contributed by atoms with Crippen LogP contribution in [0.2, 0.25) is 0 Å². The van der Waals surface area contributed by atoms with Gasteiger partial charge in [0.2, 0.25) is 5.91 Å². The molecule has 0 unspecified atom stereocenters. The summed E-state index contributed by atoms with van der Waals surface area (Å²) in [7, 11) is -3.01. The van der Waals surface area contributed by atoms with Crippen LogP contribution in [0.25, 0.3) is 0 Å². The minimum absolute atomic E-state index is 0.0502. The van der Waals surface area contributed by atoms with E-state index < -0.39 is 9.84 Å². The van der Waals surface area contributed by atoms with Gasteiger partial charge in [-0.2, -0.15) is 0 Å². The van der Waals surface area contributed by atoms with Crippen molar-refractivity contribution in [3.63, 3.8) is 0 Å². The van der Waals surface area contributed by atoms with Crippen molar-refractivity contribution in [1.82, 2.24) is 0 Å². The van der Waals surface area contributed by atoms with Gasteiger partial charge >= 0.3 is 0 Å². The third-order valence-corrected chi connectivity index (χ3v) is 5.19. The summed E-state index contributed by atoms with van der Waals surface area (Å²) in [6, 6.07) is 8.29. The molecule has 1 atom stereocenters. The largest absolute Gasteiger partial charge is 0.309 e. The number of nitrogens with zero attached hydrogens (tertiary/aromatic N) is 1. The fourth-order valence-corrected chi connectivity index (χ4v) is 3.82. The third kappa shape index (κ3) is 4.32. The van der Waals surface area contributed by atoms with Gasteiger partial charge in [0.1, 0.15) is 9.84 Å². The van der Waals surface area contributed by atoms with Crippen LogP contribution in [0.1, 0.15) is 44.6 Å². The smallest absolute Gasteiger partial charge is 0.227 e. The standard InChI is InChI=1S/C17H25NO3S/c1-3-7-15-12-11-14-8-4-5-9-16(14)18(15)17(19)10-6-13-22(2,20)21/h4-5,8-9,15H,3,6-7,10-13H2,1-2H3/t15-/m1/s1. The molecule has 0 radical (unpaired) electrons. The van der Waals surface area contributed by atoms with Gasteiger partial charge in [0.15, 0.2) is 0 Å². The van der Waals surface area contributed by atoms with Crippen molar-refractivity contribution < 1.29 is 13.2 Å². The molecule has 22 heavy (non-hydrogen) atoms. The first-order chi connectivity index (χ1) is 10.4. The highest BCUT2D eigenvalue weighted by Crippen LogP contribution is 2.33. The van der Waals surface area contributed by atoms with Crippen LogP contribution in [0.5, 0.6) is 0 Å². The molecule has 1 aliphatic heterocycles. The quantitative estimate of drug-likeness (QED) is 0.809. The predicted molar refractivity (Wildman–Crippen MR) is 89.9 cm³/mol. The van der Waals surface area contributed by atoms with Crippen LogP contribution in [-0.4, -0.2) is 32.4 Å². The Labute approximate surface area is 133 Å². The Hall–Kier alpha value is -1.36. The summed E-state index contributed by atoms with van der Waals surface area (Å²) in [5, 5.41) is 0. The number of fused-ring (bicyclic) bond motifs is 1. The minimum Gasteiger partial charge on any atom is -0.309 e. The second-order valence-electron chi connectivity index (χ2n) is 6.11. The van der Waals surface area contributed by atoms with E-state index in [0.29, 0.717) is 12.8 Å². The number of hydrogen-bond donors (Lipinski definition) is 0. The normalized spacial score (nSPS) is 18.1. The lowest BCUT2D eigenvalue weighted by molar-refractivity contribution is -0.119. The molecule has 0 aliphatic carbocycles.